The molecule has 0 saturated carbocycles. The maximum absolute atomic E-state index is 5.48. The number of aromatic nitrogens is 3. The van der Waals surface area contributed by atoms with Crippen molar-refractivity contribution >= 4 is 11.8 Å². The van der Waals surface area contributed by atoms with Gasteiger partial charge in [-0.1, -0.05) is 30.0 Å². The lowest BCUT2D eigenvalue weighted by Crippen LogP contribution is -2.34. The van der Waals surface area contributed by atoms with Crippen LogP contribution in [0.3, 0.4) is 0 Å². The van der Waals surface area contributed by atoms with Crippen molar-refractivity contribution in [2.45, 2.75) is 30.5 Å². The van der Waals surface area contributed by atoms with Gasteiger partial charge in [0, 0.05) is 31.6 Å². The van der Waals surface area contributed by atoms with E-state index in [4.69, 9.17) is 4.74 Å². The van der Waals surface area contributed by atoms with E-state index in [1.807, 2.05) is 18.4 Å². The average molecular weight is 332 g/mol. The third kappa shape index (κ3) is 3.53. The summed E-state index contributed by atoms with van der Waals surface area (Å²) in [6.45, 7) is 3.08. The topological polar surface area (TPSA) is 43.2 Å². The molecule has 0 bridgehead atoms. The number of ether oxygens (including phenoxy) is 1. The molecule has 2 heterocycles. The van der Waals surface area contributed by atoms with E-state index in [2.05, 4.69) is 38.8 Å². The number of piperidine rings is 1. The van der Waals surface area contributed by atoms with Gasteiger partial charge in [0.15, 0.2) is 5.16 Å². The van der Waals surface area contributed by atoms with Crippen molar-refractivity contribution in [1.29, 1.82) is 0 Å². The Morgan fingerprint density at radius 3 is 2.87 bits per heavy atom. The molecule has 1 saturated heterocycles. The fraction of sp³-hybridized carbons (Fsp3) is 0.529. The first-order chi connectivity index (χ1) is 11.2. The van der Waals surface area contributed by atoms with Crippen LogP contribution in [0.2, 0.25) is 0 Å². The lowest BCUT2D eigenvalue weighted by atomic mass is 9.96. The lowest BCUT2D eigenvalue weighted by Gasteiger charge is -2.32. The van der Waals surface area contributed by atoms with Gasteiger partial charge in [0.2, 0.25) is 0 Å². The molecular formula is C17H24N4OS. The molecule has 1 aliphatic heterocycles. The summed E-state index contributed by atoms with van der Waals surface area (Å²) in [5, 5.41) is 9.70. The van der Waals surface area contributed by atoms with E-state index in [-0.39, 0.29) is 0 Å². The van der Waals surface area contributed by atoms with Crippen molar-refractivity contribution in [3.05, 3.63) is 35.7 Å². The number of nitrogens with zero attached hydrogens (tertiary/aromatic N) is 4. The van der Waals surface area contributed by atoms with Gasteiger partial charge >= 0.3 is 0 Å². The van der Waals surface area contributed by atoms with E-state index >= 15 is 0 Å². The first-order valence-electron chi connectivity index (χ1n) is 8.00. The number of rotatable bonds is 5. The predicted molar refractivity (Wildman–Crippen MR) is 93.0 cm³/mol. The largest absolute Gasteiger partial charge is 0.496 e. The van der Waals surface area contributed by atoms with Crippen molar-refractivity contribution < 1.29 is 4.74 Å². The minimum atomic E-state index is 0.455. The van der Waals surface area contributed by atoms with Crippen molar-refractivity contribution in [3.63, 3.8) is 0 Å². The molecule has 3 rings (SSSR count). The SMILES string of the molecule is COc1ccccc1CN1CCC[C@@H](c2nnc(SC)n2C)C1. The zero-order valence-electron chi connectivity index (χ0n) is 14.0. The fourth-order valence-corrected chi connectivity index (χ4v) is 3.83. The van der Waals surface area contributed by atoms with Gasteiger partial charge in [-0.15, -0.1) is 10.2 Å². The van der Waals surface area contributed by atoms with Gasteiger partial charge in [-0.2, -0.15) is 0 Å². The van der Waals surface area contributed by atoms with Crippen LogP contribution in [0.1, 0.15) is 30.1 Å². The normalized spacial score (nSPS) is 19.0. The first-order valence-corrected chi connectivity index (χ1v) is 9.23. The van der Waals surface area contributed by atoms with Crippen LogP contribution in [0.25, 0.3) is 0 Å². The molecule has 6 heteroatoms. The van der Waals surface area contributed by atoms with Crippen LogP contribution in [0.4, 0.5) is 0 Å². The van der Waals surface area contributed by atoms with Gasteiger partial charge < -0.3 is 9.30 Å². The predicted octanol–water partition coefficient (Wildman–Crippen LogP) is 2.93. The van der Waals surface area contributed by atoms with Crippen LogP contribution in [0, 0.1) is 0 Å². The van der Waals surface area contributed by atoms with E-state index < -0.39 is 0 Å². The van der Waals surface area contributed by atoms with Crippen LogP contribution in [0.5, 0.6) is 5.75 Å². The van der Waals surface area contributed by atoms with Crippen molar-refractivity contribution in [3.8, 4) is 5.75 Å². The Bertz CT molecular complexity index is 658. The zero-order valence-corrected chi connectivity index (χ0v) is 14.8. The van der Waals surface area contributed by atoms with E-state index in [0.29, 0.717) is 5.92 Å². The Morgan fingerprint density at radius 1 is 1.30 bits per heavy atom. The number of thioether (sulfide) groups is 1. The summed E-state index contributed by atoms with van der Waals surface area (Å²) in [6, 6.07) is 8.28. The second kappa shape index (κ2) is 7.36. The number of para-hydroxylation sites is 1. The summed E-state index contributed by atoms with van der Waals surface area (Å²) in [5.74, 6) is 2.54. The smallest absolute Gasteiger partial charge is 0.190 e. The Kier molecular flexibility index (Phi) is 5.23. The summed E-state index contributed by atoms with van der Waals surface area (Å²) in [4.78, 5) is 2.50. The average Bonchev–Trinajstić information content (AvgIpc) is 2.96. The summed E-state index contributed by atoms with van der Waals surface area (Å²) in [5.41, 5.74) is 1.25. The number of hydrogen-bond acceptors (Lipinski definition) is 5. The van der Waals surface area contributed by atoms with Crippen LogP contribution < -0.4 is 4.74 Å². The molecule has 23 heavy (non-hydrogen) atoms. The van der Waals surface area contributed by atoms with Gasteiger partial charge in [0.05, 0.1) is 7.11 Å². The van der Waals surface area contributed by atoms with Crippen molar-refractivity contribution in [2.24, 2.45) is 7.05 Å². The monoisotopic (exact) mass is 332 g/mol. The molecule has 0 amide bonds. The van der Waals surface area contributed by atoms with Gasteiger partial charge in [0.1, 0.15) is 11.6 Å². The number of hydrogen-bond donors (Lipinski definition) is 0. The molecule has 1 aromatic heterocycles. The quantitative estimate of drug-likeness (QED) is 0.788. The third-order valence-corrected chi connectivity index (χ3v) is 5.23. The van der Waals surface area contributed by atoms with E-state index in [1.165, 1.54) is 18.4 Å². The van der Waals surface area contributed by atoms with Gasteiger partial charge in [0.25, 0.3) is 0 Å². The van der Waals surface area contributed by atoms with Gasteiger partial charge in [-0.05, 0) is 31.7 Å². The van der Waals surface area contributed by atoms with E-state index in [1.54, 1.807) is 18.9 Å². The molecular weight excluding hydrogens is 308 g/mol. The first kappa shape index (κ1) is 16.3. The molecule has 1 aromatic carbocycles. The van der Waals surface area contributed by atoms with Crippen molar-refractivity contribution in [1.82, 2.24) is 19.7 Å². The number of likely N-dealkylation sites (tertiary alicyclic amines) is 1. The highest BCUT2D eigenvalue weighted by Crippen LogP contribution is 2.29. The maximum Gasteiger partial charge on any atom is 0.190 e. The minimum absolute atomic E-state index is 0.455. The molecule has 0 unspecified atom stereocenters. The highest BCUT2D eigenvalue weighted by Gasteiger charge is 2.26. The van der Waals surface area contributed by atoms with E-state index in [0.717, 1.165) is 36.4 Å². The highest BCUT2D eigenvalue weighted by molar-refractivity contribution is 7.98. The van der Waals surface area contributed by atoms with Gasteiger partial charge in [-0.3, -0.25) is 4.90 Å². The van der Waals surface area contributed by atoms with Gasteiger partial charge in [-0.25, -0.2) is 0 Å². The lowest BCUT2D eigenvalue weighted by molar-refractivity contribution is 0.193. The second-order valence-electron chi connectivity index (χ2n) is 5.99. The minimum Gasteiger partial charge on any atom is -0.496 e. The third-order valence-electron chi connectivity index (χ3n) is 4.51. The molecule has 2 aromatic rings. The van der Waals surface area contributed by atoms with Crippen LogP contribution in [0.15, 0.2) is 29.4 Å². The summed E-state index contributed by atoms with van der Waals surface area (Å²) in [7, 11) is 3.81. The standard InChI is InChI=1S/C17H24N4OS/c1-20-16(18-19-17(20)23-3)14-8-6-10-21(12-14)11-13-7-4-5-9-15(13)22-2/h4-5,7,9,14H,6,8,10-12H2,1-3H3/t14-/m1/s1. The van der Waals surface area contributed by atoms with Crippen LogP contribution in [-0.2, 0) is 13.6 Å². The van der Waals surface area contributed by atoms with E-state index in [9.17, 15) is 0 Å². The molecule has 124 valence electrons. The Hall–Kier alpha value is -1.53. The molecule has 0 spiro atoms. The summed E-state index contributed by atoms with van der Waals surface area (Å²) in [6.07, 6.45) is 4.42. The molecule has 0 aliphatic carbocycles. The molecule has 1 atom stereocenters. The highest BCUT2D eigenvalue weighted by atomic mass is 32.2. The van der Waals surface area contributed by atoms with Crippen molar-refractivity contribution in [2.75, 3.05) is 26.5 Å². The summed E-state index contributed by atoms with van der Waals surface area (Å²) < 4.78 is 7.62. The molecule has 0 N–H and O–H groups in total. The van der Waals surface area contributed by atoms with Crippen LogP contribution in [-0.4, -0.2) is 46.1 Å². The Morgan fingerprint density at radius 2 is 2.13 bits per heavy atom. The fourth-order valence-electron chi connectivity index (χ4n) is 3.34. The number of methoxy groups -OCH3 is 1. The number of benzene rings is 1. The van der Waals surface area contributed by atoms with Crippen LogP contribution >= 0.6 is 11.8 Å². The zero-order chi connectivity index (χ0) is 16.2. The maximum atomic E-state index is 5.48. The Balaban J connectivity index is 1.72. The summed E-state index contributed by atoms with van der Waals surface area (Å²) >= 11 is 1.65. The molecule has 0 radical (unpaired) electrons. The Labute approximate surface area is 142 Å². The second-order valence-corrected chi connectivity index (χ2v) is 6.76. The molecule has 1 aliphatic rings. The molecule has 1 fully saturated rings. The molecule has 5 nitrogen and oxygen atoms in total.